The van der Waals surface area contributed by atoms with E-state index >= 15 is 0 Å². The van der Waals surface area contributed by atoms with Gasteiger partial charge in [-0.05, 0) is 30.7 Å². The van der Waals surface area contributed by atoms with E-state index in [9.17, 15) is 16.8 Å². The molecular weight excluding hydrogens is 336 g/mol. The van der Waals surface area contributed by atoms with E-state index in [1.165, 1.54) is 30.7 Å². The molecule has 0 unspecified atom stereocenters. The van der Waals surface area contributed by atoms with Crippen molar-refractivity contribution in [2.75, 3.05) is 13.1 Å². The first-order chi connectivity index (χ1) is 10.9. The maximum atomic E-state index is 11.9. The van der Waals surface area contributed by atoms with Crippen molar-refractivity contribution in [1.82, 2.24) is 9.44 Å². The molecule has 0 aliphatic rings. The molecule has 0 amide bonds. The van der Waals surface area contributed by atoms with Crippen LogP contribution in [0.25, 0.3) is 0 Å². The van der Waals surface area contributed by atoms with Gasteiger partial charge < -0.3 is 0 Å². The van der Waals surface area contributed by atoms with E-state index in [1.807, 2.05) is 0 Å². The molecule has 0 atom stereocenters. The molecule has 0 aliphatic carbocycles. The lowest BCUT2D eigenvalue weighted by Crippen LogP contribution is -2.30. The Kier molecular flexibility index (Phi) is 5.89. The maximum absolute atomic E-state index is 11.9. The van der Waals surface area contributed by atoms with Crippen molar-refractivity contribution < 1.29 is 16.8 Å². The molecule has 0 saturated heterocycles. The third-order valence-corrected chi connectivity index (χ3v) is 5.82. The van der Waals surface area contributed by atoms with Gasteiger partial charge in [0.15, 0.2) is 0 Å². The Bertz CT molecular complexity index is 749. The number of nitrogens with one attached hydrogen (secondary N) is 2. The molecule has 0 bridgehead atoms. The number of rotatable bonds is 8. The van der Waals surface area contributed by atoms with Gasteiger partial charge >= 0.3 is 0 Å². The molecule has 2 aromatic carbocycles. The van der Waals surface area contributed by atoms with Crippen LogP contribution >= 0.6 is 0 Å². The zero-order valence-corrected chi connectivity index (χ0v) is 13.8. The molecule has 8 heteroatoms. The molecule has 2 rings (SSSR count). The Labute approximate surface area is 136 Å². The van der Waals surface area contributed by atoms with Crippen molar-refractivity contribution in [3.05, 3.63) is 67.1 Å². The van der Waals surface area contributed by atoms with Gasteiger partial charge in [0.2, 0.25) is 20.0 Å². The lowest BCUT2D eigenvalue weighted by Gasteiger charge is -2.08. The van der Waals surface area contributed by atoms with Crippen LogP contribution in [0.5, 0.6) is 0 Å². The zero-order chi connectivity index (χ0) is 16.8. The molecule has 0 aliphatic heterocycles. The smallest absolute Gasteiger partial charge is 0.211 e. The minimum Gasteiger partial charge on any atom is -0.211 e. The van der Waals surface area contributed by atoms with Crippen molar-refractivity contribution >= 4 is 20.0 Å². The molecule has 0 saturated carbocycles. The number of hydrogen-bond donors (Lipinski definition) is 2. The fourth-order valence-corrected chi connectivity index (χ4v) is 3.81. The van der Waals surface area contributed by atoms with Gasteiger partial charge in [-0.1, -0.05) is 36.4 Å². The standard InChI is InChI=1S/C15H17N2O4S2/c18-22(19,14-8-3-1-4-9-14)16-12-7-13-17-23(20,21)15-10-5-2-6-11-15/h1-11,16-17H,12-13H2. The Morgan fingerprint density at radius 2 is 1.00 bits per heavy atom. The summed E-state index contributed by atoms with van der Waals surface area (Å²) >= 11 is 0. The van der Waals surface area contributed by atoms with Gasteiger partial charge in [-0.15, -0.1) is 0 Å². The van der Waals surface area contributed by atoms with Crippen LogP contribution in [0.2, 0.25) is 0 Å². The second-order valence-electron chi connectivity index (χ2n) is 4.62. The van der Waals surface area contributed by atoms with Gasteiger partial charge in [-0.25, -0.2) is 26.3 Å². The second-order valence-corrected chi connectivity index (χ2v) is 8.15. The summed E-state index contributed by atoms with van der Waals surface area (Å²) in [6.45, 7) is 0.0447. The number of hydrogen-bond acceptors (Lipinski definition) is 4. The lowest BCUT2D eigenvalue weighted by molar-refractivity contribution is 0.582. The van der Waals surface area contributed by atoms with Gasteiger partial charge in [0.25, 0.3) is 0 Å². The summed E-state index contributed by atoms with van der Waals surface area (Å²) in [4.78, 5) is 0.330. The maximum Gasteiger partial charge on any atom is 0.240 e. The van der Waals surface area contributed by atoms with E-state index in [0.717, 1.165) is 0 Å². The van der Waals surface area contributed by atoms with Gasteiger partial charge in [-0.3, -0.25) is 0 Å². The zero-order valence-electron chi connectivity index (χ0n) is 12.2. The summed E-state index contributed by atoms with van der Waals surface area (Å²) < 4.78 is 52.5. The largest absolute Gasteiger partial charge is 0.240 e. The van der Waals surface area contributed by atoms with Crippen LogP contribution < -0.4 is 9.44 Å². The van der Waals surface area contributed by atoms with Gasteiger partial charge in [0, 0.05) is 13.1 Å². The van der Waals surface area contributed by atoms with Crippen molar-refractivity contribution in [2.24, 2.45) is 0 Å². The molecule has 1 radical (unpaired) electrons. The average molecular weight is 353 g/mol. The lowest BCUT2D eigenvalue weighted by atomic mass is 10.4. The SMILES string of the molecule is O=S(=O)(NC[CH]CNS(=O)(=O)c1ccccc1)c1ccccc1. The number of benzene rings is 2. The minimum absolute atomic E-state index is 0.0224. The molecule has 2 aromatic rings. The summed E-state index contributed by atoms with van der Waals surface area (Å²) in [5.41, 5.74) is 0. The van der Waals surface area contributed by atoms with Crippen LogP contribution in [0.15, 0.2) is 70.5 Å². The van der Waals surface area contributed by atoms with E-state index in [1.54, 1.807) is 36.4 Å². The highest BCUT2D eigenvalue weighted by atomic mass is 32.2. The normalized spacial score (nSPS) is 12.2. The quantitative estimate of drug-likeness (QED) is 0.696. The number of sulfonamides is 2. The molecule has 123 valence electrons. The summed E-state index contributed by atoms with van der Waals surface area (Å²) in [6, 6.07) is 15.9. The Balaban J connectivity index is 1.80. The molecule has 23 heavy (non-hydrogen) atoms. The van der Waals surface area contributed by atoms with Crippen molar-refractivity contribution in [1.29, 1.82) is 0 Å². The highest BCUT2D eigenvalue weighted by Crippen LogP contribution is 2.08. The fourth-order valence-electron chi connectivity index (χ4n) is 1.78. The summed E-state index contributed by atoms with van der Waals surface area (Å²) in [5.74, 6) is 0. The molecule has 6 nitrogen and oxygen atoms in total. The van der Waals surface area contributed by atoms with Crippen LogP contribution in [0.1, 0.15) is 0 Å². The van der Waals surface area contributed by atoms with Crippen LogP contribution in [0.3, 0.4) is 0 Å². The fraction of sp³-hybridized carbons (Fsp3) is 0.133. The van der Waals surface area contributed by atoms with Crippen molar-refractivity contribution in [2.45, 2.75) is 9.79 Å². The highest BCUT2D eigenvalue weighted by molar-refractivity contribution is 7.89. The van der Waals surface area contributed by atoms with E-state index < -0.39 is 20.0 Å². The molecule has 0 fully saturated rings. The van der Waals surface area contributed by atoms with E-state index in [4.69, 9.17) is 0 Å². The molecular formula is C15H17N2O4S2. The van der Waals surface area contributed by atoms with Crippen molar-refractivity contribution in [3.63, 3.8) is 0 Å². The predicted molar refractivity (Wildman–Crippen MR) is 87.6 cm³/mol. The Morgan fingerprint density at radius 3 is 1.35 bits per heavy atom. The second kappa shape index (κ2) is 7.69. The average Bonchev–Trinajstić information content (AvgIpc) is 2.56. The van der Waals surface area contributed by atoms with Gasteiger partial charge in [0.05, 0.1) is 9.79 Å². The Hall–Kier alpha value is -1.74. The molecule has 0 aromatic heterocycles. The Morgan fingerprint density at radius 1 is 0.652 bits per heavy atom. The van der Waals surface area contributed by atoms with E-state index in [2.05, 4.69) is 9.44 Å². The summed E-state index contributed by atoms with van der Waals surface area (Å²) in [5, 5.41) is 0. The third-order valence-electron chi connectivity index (χ3n) is 2.94. The summed E-state index contributed by atoms with van der Waals surface area (Å²) in [6.07, 6.45) is 1.50. The van der Waals surface area contributed by atoms with Crippen LogP contribution in [-0.2, 0) is 20.0 Å². The van der Waals surface area contributed by atoms with Crippen LogP contribution in [0.4, 0.5) is 0 Å². The highest BCUT2D eigenvalue weighted by Gasteiger charge is 2.14. The molecule has 0 heterocycles. The first-order valence-electron chi connectivity index (χ1n) is 6.83. The third kappa shape index (κ3) is 5.14. The predicted octanol–water partition coefficient (Wildman–Crippen LogP) is 1.15. The monoisotopic (exact) mass is 353 g/mol. The van der Waals surface area contributed by atoms with E-state index in [0.29, 0.717) is 0 Å². The first-order valence-corrected chi connectivity index (χ1v) is 9.79. The molecule has 0 spiro atoms. The topological polar surface area (TPSA) is 92.3 Å². The minimum atomic E-state index is -3.59. The van der Waals surface area contributed by atoms with Crippen molar-refractivity contribution in [3.8, 4) is 0 Å². The van der Waals surface area contributed by atoms with Gasteiger partial charge in [-0.2, -0.15) is 0 Å². The molecule has 2 N–H and O–H groups in total. The van der Waals surface area contributed by atoms with E-state index in [-0.39, 0.29) is 22.9 Å². The van der Waals surface area contributed by atoms with Gasteiger partial charge in [0.1, 0.15) is 0 Å². The van der Waals surface area contributed by atoms with Crippen LogP contribution in [0, 0.1) is 6.42 Å². The first kappa shape index (κ1) is 17.6. The summed E-state index contributed by atoms with van der Waals surface area (Å²) in [7, 11) is -7.17. The van der Waals surface area contributed by atoms with Crippen LogP contribution in [-0.4, -0.2) is 29.9 Å².